The first-order valence-electron chi connectivity index (χ1n) is 9.54. The highest BCUT2D eigenvalue weighted by atomic mass is 16.5. The van der Waals surface area contributed by atoms with E-state index < -0.39 is 0 Å². The number of hydrogen-bond acceptors (Lipinski definition) is 7. The Hall–Kier alpha value is -3.06. The zero-order chi connectivity index (χ0) is 19.5. The Morgan fingerprint density at radius 3 is 2.46 bits per heavy atom. The summed E-state index contributed by atoms with van der Waals surface area (Å²) in [5, 5.41) is 3.51. The second-order valence-electron chi connectivity index (χ2n) is 7.10. The molecule has 0 spiro atoms. The smallest absolute Gasteiger partial charge is 0.222 e. The van der Waals surface area contributed by atoms with Crippen LogP contribution in [0.3, 0.4) is 0 Å². The number of guanidine groups is 2. The van der Waals surface area contributed by atoms with E-state index in [9.17, 15) is 0 Å². The molecule has 1 fully saturated rings. The highest BCUT2D eigenvalue weighted by molar-refractivity contribution is 6.06. The Morgan fingerprint density at radius 1 is 1.04 bits per heavy atom. The summed E-state index contributed by atoms with van der Waals surface area (Å²) in [6.07, 6.45) is -0.390. The molecule has 0 radical (unpaired) electrons. The molecule has 2 heterocycles. The molecule has 0 saturated carbocycles. The van der Waals surface area contributed by atoms with Gasteiger partial charge in [-0.05, 0) is 49.2 Å². The third-order valence-electron chi connectivity index (χ3n) is 4.82. The van der Waals surface area contributed by atoms with E-state index in [0.29, 0.717) is 13.2 Å². The van der Waals surface area contributed by atoms with E-state index in [0.717, 1.165) is 30.4 Å². The molecular formula is C21H26N6O. The molecule has 2 aromatic carbocycles. The summed E-state index contributed by atoms with van der Waals surface area (Å²) >= 11 is 0. The van der Waals surface area contributed by atoms with Crippen molar-refractivity contribution in [3.05, 3.63) is 59.7 Å². The molecule has 2 aromatic rings. The second-order valence-corrected chi connectivity index (χ2v) is 7.10. The van der Waals surface area contributed by atoms with E-state index in [4.69, 9.17) is 10.5 Å². The zero-order valence-electron chi connectivity index (χ0n) is 16.3. The standard InChI is InChI=1S/C21H26N6O/c1-15-5-3-7-17(13-15)23-20-24-19(22)25-21(26-9-11-28-12-10-26)27(20)18-8-4-6-16(2)14-18/h3-8,13-14,20,23H,9-12H2,1-2H3,(H2,22,24). The van der Waals surface area contributed by atoms with E-state index in [-0.39, 0.29) is 12.2 Å². The maximum atomic E-state index is 6.11. The Balaban J connectivity index is 1.73. The van der Waals surface area contributed by atoms with Gasteiger partial charge in [0.2, 0.25) is 18.2 Å². The summed E-state index contributed by atoms with van der Waals surface area (Å²) in [4.78, 5) is 13.5. The summed E-state index contributed by atoms with van der Waals surface area (Å²) in [5.74, 6) is 1.07. The summed E-state index contributed by atoms with van der Waals surface area (Å²) in [6.45, 7) is 7.04. The van der Waals surface area contributed by atoms with Gasteiger partial charge in [-0.1, -0.05) is 24.3 Å². The normalized spacial score (nSPS) is 19.9. The van der Waals surface area contributed by atoms with Crippen molar-refractivity contribution < 1.29 is 4.74 Å². The lowest BCUT2D eigenvalue weighted by molar-refractivity contribution is 0.0671. The minimum absolute atomic E-state index is 0.274. The topological polar surface area (TPSA) is 78.5 Å². The largest absolute Gasteiger partial charge is 0.378 e. The van der Waals surface area contributed by atoms with Gasteiger partial charge in [-0.2, -0.15) is 4.99 Å². The fourth-order valence-electron chi connectivity index (χ4n) is 3.48. The van der Waals surface area contributed by atoms with E-state index in [2.05, 4.69) is 69.3 Å². The van der Waals surface area contributed by atoms with Crippen LogP contribution in [0.15, 0.2) is 58.5 Å². The first-order valence-corrected chi connectivity index (χ1v) is 9.54. The van der Waals surface area contributed by atoms with Gasteiger partial charge in [-0.15, -0.1) is 0 Å². The van der Waals surface area contributed by atoms with Gasteiger partial charge in [0.05, 0.1) is 13.2 Å². The average Bonchev–Trinajstić information content (AvgIpc) is 2.68. The highest BCUT2D eigenvalue weighted by Crippen LogP contribution is 2.25. The molecule has 3 N–H and O–H groups in total. The summed E-state index contributed by atoms with van der Waals surface area (Å²) in [5.41, 5.74) is 10.5. The predicted molar refractivity (Wildman–Crippen MR) is 114 cm³/mol. The van der Waals surface area contributed by atoms with Gasteiger partial charge in [0.25, 0.3) is 0 Å². The molecule has 1 atom stereocenters. The van der Waals surface area contributed by atoms with Crippen LogP contribution in [0.4, 0.5) is 11.4 Å². The van der Waals surface area contributed by atoms with Crippen molar-refractivity contribution >= 4 is 23.3 Å². The Labute approximate surface area is 165 Å². The molecular weight excluding hydrogens is 352 g/mol. The van der Waals surface area contributed by atoms with Crippen LogP contribution in [-0.2, 0) is 4.74 Å². The number of anilines is 2. The molecule has 0 amide bonds. The van der Waals surface area contributed by atoms with Crippen molar-refractivity contribution in [2.24, 2.45) is 15.7 Å². The number of nitrogens with one attached hydrogen (secondary N) is 1. The molecule has 0 aliphatic carbocycles. The van der Waals surface area contributed by atoms with Crippen LogP contribution in [0.25, 0.3) is 0 Å². The number of aliphatic imine (C=N–C) groups is 2. The van der Waals surface area contributed by atoms with Crippen LogP contribution in [-0.4, -0.2) is 49.4 Å². The van der Waals surface area contributed by atoms with Crippen LogP contribution in [0.2, 0.25) is 0 Å². The van der Waals surface area contributed by atoms with E-state index in [1.807, 2.05) is 18.2 Å². The number of rotatable bonds is 3. The molecule has 0 aromatic heterocycles. The summed E-state index contributed by atoms with van der Waals surface area (Å²) in [6, 6.07) is 16.6. The van der Waals surface area contributed by atoms with Gasteiger partial charge in [0, 0.05) is 24.5 Å². The Kier molecular flexibility index (Phi) is 5.16. The SMILES string of the molecule is Cc1cccc(NC2N=C(N)N=C(N3CCOCC3)N2c2cccc(C)c2)c1. The fraction of sp³-hybridized carbons (Fsp3) is 0.333. The minimum atomic E-state index is -0.390. The first-order chi connectivity index (χ1) is 13.6. The number of benzene rings is 2. The molecule has 28 heavy (non-hydrogen) atoms. The second kappa shape index (κ2) is 7.90. The average molecular weight is 378 g/mol. The van der Waals surface area contributed by atoms with Crippen molar-refractivity contribution in [1.82, 2.24) is 4.90 Å². The maximum absolute atomic E-state index is 6.11. The van der Waals surface area contributed by atoms with Gasteiger partial charge >= 0.3 is 0 Å². The van der Waals surface area contributed by atoms with Crippen LogP contribution in [0.1, 0.15) is 11.1 Å². The number of morpholine rings is 1. The molecule has 1 unspecified atom stereocenters. The third-order valence-corrected chi connectivity index (χ3v) is 4.82. The van der Waals surface area contributed by atoms with Gasteiger partial charge in [-0.3, -0.25) is 4.90 Å². The monoisotopic (exact) mass is 378 g/mol. The number of nitrogens with zero attached hydrogens (tertiary/aromatic N) is 4. The van der Waals surface area contributed by atoms with E-state index in [1.165, 1.54) is 11.1 Å². The minimum Gasteiger partial charge on any atom is -0.378 e. The Bertz CT molecular complexity index is 903. The molecule has 2 aliphatic heterocycles. The zero-order valence-corrected chi connectivity index (χ0v) is 16.3. The molecule has 4 rings (SSSR count). The lowest BCUT2D eigenvalue weighted by Crippen LogP contribution is -2.57. The molecule has 7 nitrogen and oxygen atoms in total. The van der Waals surface area contributed by atoms with Crippen LogP contribution < -0.4 is 16.0 Å². The van der Waals surface area contributed by atoms with Crippen molar-refractivity contribution in [1.29, 1.82) is 0 Å². The summed E-state index contributed by atoms with van der Waals surface area (Å²) < 4.78 is 5.52. The van der Waals surface area contributed by atoms with Gasteiger partial charge in [-0.25, -0.2) is 4.99 Å². The first kappa shape index (κ1) is 18.3. The lowest BCUT2D eigenvalue weighted by Gasteiger charge is -2.41. The molecule has 0 bridgehead atoms. The molecule has 146 valence electrons. The van der Waals surface area contributed by atoms with Crippen molar-refractivity contribution in [2.45, 2.75) is 20.1 Å². The quantitative estimate of drug-likeness (QED) is 0.858. The lowest BCUT2D eigenvalue weighted by atomic mass is 10.2. The fourth-order valence-corrected chi connectivity index (χ4v) is 3.48. The number of nitrogens with two attached hydrogens (primary N) is 1. The molecule has 7 heteroatoms. The number of aryl methyl sites for hydroxylation is 2. The molecule has 2 aliphatic rings. The van der Waals surface area contributed by atoms with E-state index in [1.54, 1.807) is 0 Å². The number of hydrogen-bond donors (Lipinski definition) is 2. The van der Waals surface area contributed by atoms with Crippen LogP contribution in [0, 0.1) is 13.8 Å². The van der Waals surface area contributed by atoms with Crippen molar-refractivity contribution in [2.75, 3.05) is 36.5 Å². The number of ether oxygens (including phenoxy) is 1. The molecule has 1 saturated heterocycles. The van der Waals surface area contributed by atoms with E-state index >= 15 is 0 Å². The van der Waals surface area contributed by atoms with Crippen molar-refractivity contribution in [3.8, 4) is 0 Å². The van der Waals surface area contributed by atoms with Crippen LogP contribution >= 0.6 is 0 Å². The van der Waals surface area contributed by atoms with Gasteiger partial charge in [0.15, 0.2) is 0 Å². The Morgan fingerprint density at radius 2 is 1.75 bits per heavy atom. The van der Waals surface area contributed by atoms with Crippen molar-refractivity contribution in [3.63, 3.8) is 0 Å². The van der Waals surface area contributed by atoms with Gasteiger partial charge < -0.3 is 20.7 Å². The third kappa shape index (κ3) is 3.94. The highest BCUT2D eigenvalue weighted by Gasteiger charge is 2.32. The maximum Gasteiger partial charge on any atom is 0.222 e. The van der Waals surface area contributed by atoms with Gasteiger partial charge in [0.1, 0.15) is 0 Å². The summed E-state index contributed by atoms with van der Waals surface area (Å²) in [7, 11) is 0. The predicted octanol–water partition coefficient (Wildman–Crippen LogP) is 2.52. The van der Waals surface area contributed by atoms with Crippen LogP contribution in [0.5, 0.6) is 0 Å².